The number of nitro benzene ring substituents is 1. The van der Waals surface area contributed by atoms with Crippen molar-refractivity contribution in [3.8, 4) is 23.3 Å². The Bertz CT molecular complexity index is 2780. The highest BCUT2D eigenvalue weighted by atomic mass is 35.5. The number of nitro groups is 1. The van der Waals surface area contributed by atoms with Crippen LogP contribution in [-0.2, 0) is 53.5 Å². The first kappa shape index (κ1) is 61.0. The van der Waals surface area contributed by atoms with Gasteiger partial charge in [0, 0.05) is 19.2 Å². The number of alkyl halides is 3. The second-order valence-electron chi connectivity index (χ2n) is 13.0. The molecule has 0 saturated carbocycles. The van der Waals surface area contributed by atoms with Gasteiger partial charge in [-0.1, -0.05) is 23.2 Å². The SMILES string of the molecule is COc1cc(OC)nc(NC(=O)NS(=O)(=O)c2c(C(=O)O)c(Cl)nn2C)n1.CS(=O)(=O)NC(=O)c1cc(Oc2ccc(C(F)(F)F)cc2Cl)ccc1[N+](=O)[O-].C[S+](C)C.O=C(O)CNCP(=O)([O-])O. The number of carboxylic acids is 2. The smallest absolute Gasteiger partial charge is 0.416 e. The normalized spacial score (nSPS) is 11.9. The van der Waals surface area contributed by atoms with E-state index in [0.29, 0.717) is 34.0 Å². The number of amides is 3. The number of halogens is 5. The number of ether oxygens (including phenoxy) is 3. The van der Waals surface area contributed by atoms with Gasteiger partial charge in [0.2, 0.25) is 27.7 Å². The Morgan fingerprint density at radius 1 is 0.957 bits per heavy atom. The number of aromatic carboxylic acids is 1. The van der Waals surface area contributed by atoms with E-state index in [4.69, 9.17) is 52.5 Å². The van der Waals surface area contributed by atoms with Crippen molar-refractivity contribution in [2.75, 3.05) is 57.4 Å². The van der Waals surface area contributed by atoms with Gasteiger partial charge < -0.3 is 38.8 Å². The molecule has 0 bridgehead atoms. The van der Waals surface area contributed by atoms with Crippen LogP contribution >= 0.6 is 30.8 Å². The summed E-state index contributed by atoms with van der Waals surface area (Å²) in [4.78, 5) is 80.8. The molecule has 0 aliphatic carbocycles. The quantitative estimate of drug-likeness (QED) is 0.0389. The second kappa shape index (κ2) is 26.1. The predicted octanol–water partition coefficient (Wildman–Crippen LogP) is 2.50. The van der Waals surface area contributed by atoms with Gasteiger partial charge in [-0.2, -0.15) is 36.7 Å². The first-order valence-electron chi connectivity index (χ1n) is 17.6. The van der Waals surface area contributed by atoms with Crippen LogP contribution in [0.5, 0.6) is 23.3 Å². The Morgan fingerprint density at radius 2 is 1.51 bits per heavy atom. The van der Waals surface area contributed by atoms with Crippen molar-refractivity contribution >= 4 is 97.3 Å². The highest BCUT2D eigenvalue weighted by molar-refractivity contribution is 7.94. The molecule has 0 aliphatic rings. The zero-order valence-corrected chi connectivity index (χ0v) is 41.1. The molecule has 0 saturated heterocycles. The fraction of sp³-hybridized carbons (Fsp3) is 0.303. The van der Waals surface area contributed by atoms with Crippen molar-refractivity contribution in [3.63, 3.8) is 0 Å². The van der Waals surface area contributed by atoms with Gasteiger partial charge in [-0.15, -0.1) is 0 Å². The first-order chi connectivity index (χ1) is 31.5. The van der Waals surface area contributed by atoms with Crippen LogP contribution in [0, 0.1) is 10.1 Å². The number of hydrogen-bond donors (Lipinski definition) is 7. The van der Waals surface area contributed by atoms with E-state index < -0.39 is 113 Å². The number of methoxy groups -OCH3 is 2. The maximum absolute atomic E-state index is 12.7. The Kier molecular flexibility index (Phi) is 23.0. The van der Waals surface area contributed by atoms with E-state index in [9.17, 15) is 68.8 Å². The summed E-state index contributed by atoms with van der Waals surface area (Å²) in [6.07, 6.45) is 1.94. The minimum absolute atomic E-state index is 0.0478. The lowest BCUT2D eigenvalue weighted by Crippen LogP contribution is -2.36. The number of anilines is 1. The molecular weight excluding hydrogens is 1070 g/mol. The second-order valence-corrected chi connectivity index (χ2v) is 21.1. The lowest BCUT2D eigenvalue weighted by molar-refractivity contribution is -0.385. The van der Waals surface area contributed by atoms with Crippen LogP contribution in [0.15, 0.2) is 47.5 Å². The van der Waals surface area contributed by atoms with Gasteiger partial charge in [-0.05, 0) is 35.2 Å². The van der Waals surface area contributed by atoms with Gasteiger partial charge in [0.15, 0.2) is 10.2 Å². The summed E-state index contributed by atoms with van der Waals surface area (Å²) in [5, 5.41) is 34.0. The van der Waals surface area contributed by atoms with E-state index in [2.05, 4.69) is 39.2 Å². The van der Waals surface area contributed by atoms with E-state index >= 15 is 0 Å². The lowest BCUT2D eigenvalue weighted by atomic mass is 10.1. The number of urea groups is 1. The Balaban J connectivity index is 0.000000543. The van der Waals surface area contributed by atoms with Gasteiger partial charge in [0.05, 0.1) is 73.6 Å². The molecule has 7 N–H and O–H groups in total. The maximum Gasteiger partial charge on any atom is 0.416 e. The molecule has 27 nitrogen and oxygen atoms in total. The van der Waals surface area contributed by atoms with E-state index in [1.807, 2.05) is 5.32 Å². The van der Waals surface area contributed by atoms with Gasteiger partial charge in [0.25, 0.3) is 21.6 Å². The molecule has 382 valence electrons. The number of benzene rings is 2. The zero-order chi connectivity index (χ0) is 53.4. The maximum atomic E-state index is 12.7. The van der Waals surface area contributed by atoms with Crippen LogP contribution in [0.4, 0.5) is 29.6 Å². The van der Waals surface area contributed by atoms with Crippen LogP contribution in [0.2, 0.25) is 10.2 Å². The molecule has 2 heterocycles. The molecule has 0 radical (unpaired) electrons. The summed E-state index contributed by atoms with van der Waals surface area (Å²) < 4.78 is 114. The summed E-state index contributed by atoms with van der Waals surface area (Å²) in [6.45, 7) is -0.479. The summed E-state index contributed by atoms with van der Waals surface area (Å²) >= 11 is 11.4. The highest BCUT2D eigenvalue weighted by Crippen LogP contribution is 2.37. The van der Waals surface area contributed by atoms with Crippen molar-refractivity contribution < 1.29 is 92.9 Å². The fourth-order valence-electron chi connectivity index (χ4n) is 4.27. The number of rotatable bonds is 15. The molecule has 2 aromatic heterocycles. The number of sulfonamides is 2. The molecule has 0 aliphatic heterocycles. The van der Waals surface area contributed by atoms with Crippen molar-refractivity contribution in [1.29, 1.82) is 0 Å². The van der Waals surface area contributed by atoms with Crippen molar-refractivity contribution in [1.82, 2.24) is 34.5 Å². The number of nitrogens with zero attached hydrogens (tertiary/aromatic N) is 5. The van der Waals surface area contributed by atoms with Crippen LogP contribution in [0.3, 0.4) is 0 Å². The highest BCUT2D eigenvalue weighted by Gasteiger charge is 2.33. The van der Waals surface area contributed by atoms with Gasteiger partial charge in [-0.25, -0.2) is 27.5 Å². The predicted molar refractivity (Wildman–Crippen MR) is 237 cm³/mol. The van der Waals surface area contributed by atoms with Crippen molar-refractivity contribution in [3.05, 3.63) is 79.4 Å². The van der Waals surface area contributed by atoms with Crippen LogP contribution in [-0.4, -0.2) is 133 Å². The molecule has 69 heavy (non-hydrogen) atoms. The minimum Gasteiger partial charge on any atom is -0.778 e. The molecule has 0 spiro atoms. The Hall–Kier alpha value is -6.06. The van der Waals surface area contributed by atoms with Crippen LogP contribution in [0.1, 0.15) is 26.3 Å². The average Bonchev–Trinajstić information content (AvgIpc) is 3.51. The standard InChI is InChI=1S/C15H10ClF3N2O6S.C12H13ClN6O7S.C3H8NO5P.C3H9S/c1-28(25,26)20-14(22)10-7-9(3-4-12(10)21(23)24)27-13-5-2-8(6-11(13)16)15(17,18)19;1-19-9(7(10(20)21)8(13)17-19)27(23,24)18-12(22)16-11-14-5(25-2)4-6(15-11)26-3;5-3(6)1-4-2-10(7,8)9;1-4(2)3/h2-7H,1H3,(H,20,22);4H,1-3H3,(H,20,21)(H2,14,15,16,18,22);4H,1-2H2,(H,5,6)(H2,7,8,9);1-3H3/q;;;+1/p-1. The van der Waals surface area contributed by atoms with E-state index in [1.165, 1.54) is 20.3 Å². The monoisotopic (exact) mass is 1100 g/mol. The number of aryl methyl sites for hydroxylation is 1. The van der Waals surface area contributed by atoms with Gasteiger partial charge in [-0.3, -0.25) is 35.0 Å². The average molecular weight is 1100 g/mol. The Morgan fingerprint density at radius 3 is 1.94 bits per heavy atom. The topological polar surface area (TPSA) is 400 Å². The number of nitrogens with one attached hydrogen (secondary N) is 4. The third kappa shape index (κ3) is 21.8. The Labute approximate surface area is 401 Å². The van der Waals surface area contributed by atoms with Crippen LogP contribution < -0.4 is 39.2 Å². The number of aliphatic carboxylic acids is 1. The molecule has 2 aromatic carbocycles. The van der Waals surface area contributed by atoms with E-state index in [0.717, 1.165) is 31.3 Å². The van der Waals surface area contributed by atoms with Crippen molar-refractivity contribution in [2.24, 2.45) is 7.05 Å². The molecule has 4 aromatic rings. The van der Waals surface area contributed by atoms with Gasteiger partial charge >= 0.3 is 24.1 Å². The fourth-order valence-corrected chi connectivity index (χ4v) is 6.90. The summed E-state index contributed by atoms with van der Waals surface area (Å²) in [5.74, 6) is -4.70. The first-order valence-corrected chi connectivity index (χ1v) is 25.9. The number of carbonyl (C=O) groups is 4. The minimum atomic E-state index is -4.64. The third-order valence-electron chi connectivity index (χ3n) is 6.73. The number of hydrogen-bond acceptors (Lipinski definition) is 19. The number of carboxylic acid groups (broad SMARTS) is 2. The summed E-state index contributed by atoms with van der Waals surface area (Å²) in [5.41, 5.74) is -3.12. The largest absolute Gasteiger partial charge is 0.778 e. The third-order valence-corrected chi connectivity index (χ3v) is 9.90. The molecule has 3 amide bonds. The molecule has 4 rings (SSSR count). The summed E-state index contributed by atoms with van der Waals surface area (Å²) in [6, 6.07) is 5.16. The number of aromatic nitrogens is 4. The van der Waals surface area contributed by atoms with E-state index in [-0.39, 0.29) is 29.2 Å². The van der Waals surface area contributed by atoms with Gasteiger partial charge in [0.1, 0.15) is 30.2 Å². The molecule has 0 fully saturated rings. The number of carbonyl (C=O) groups excluding carboxylic acids is 2. The van der Waals surface area contributed by atoms with Crippen LogP contribution in [0.25, 0.3) is 0 Å². The summed E-state index contributed by atoms with van der Waals surface area (Å²) in [7, 11) is -8.57. The molecular formula is C33H39Cl2F3N9O18PS3. The molecule has 36 heteroatoms. The van der Waals surface area contributed by atoms with E-state index in [1.54, 1.807) is 9.44 Å². The lowest BCUT2D eigenvalue weighted by Gasteiger charge is -2.14. The zero-order valence-electron chi connectivity index (χ0n) is 36.2. The molecule has 1 unspecified atom stereocenters. The van der Waals surface area contributed by atoms with Crippen molar-refractivity contribution in [2.45, 2.75) is 11.2 Å². The molecule has 1 atom stereocenters.